The van der Waals surface area contributed by atoms with Gasteiger partial charge in [0.25, 0.3) is 5.91 Å². The van der Waals surface area contributed by atoms with E-state index in [4.69, 9.17) is 21.1 Å². The van der Waals surface area contributed by atoms with Gasteiger partial charge in [-0.1, -0.05) is 18.5 Å². The SMILES string of the molecule is CC[C@@H](C1CC(OC)(OC)C1)N1CC[C@H](Cc2cn(-c3ccc(F)cc3C(=O)N(C)C(C)C)c3cncc(Cl)c23)C1. The third-order valence-corrected chi connectivity index (χ3v) is 9.72. The Bertz CT molecular complexity index is 1400. The Morgan fingerprint density at radius 3 is 2.63 bits per heavy atom. The molecule has 2 atom stereocenters. The first-order chi connectivity index (χ1) is 19.6. The van der Waals surface area contributed by atoms with Crippen molar-refractivity contribution in [3.63, 3.8) is 0 Å². The summed E-state index contributed by atoms with van der Waals surface area (Å²) in [6.07, 6.45) is 10.4. The molecule has 1 saturated heterocycles. The average molecular weight is 585 g/mol. The Balaban J connectivity index is 1.42. The first-order valence-corrected chi connectivity index (χ1v) is 15.0. The zero-order valence-electron chi connectivity index (χ0n) is 25.0. The van der Waals surface area contributed by atoms with Crippen LogP contribution in [0.2, 0.25) is 5.02 Å². The predicted octanol–water partition coefficient (Wildman–Crippen LogP) is 6.34. The number of methoxy groups -OCH3 is 2. The molecule has 9 heteroatoms. The summed E-state index contributed by atoms with van der Waals surface area (Å²) in [7, 11) is 5.21. The Morgan fingerprint density at radius 1 is 1.24 bits per heavy atom. The number of likely N-dealkylation sites (tertiary alicyclic amines) is 1. The number of amides is 1. The van der Waals surface area contributed by atoms with Crippen molar-refractivity contribution in [3.8, 4) is 5.69 Å². The van der Waals surface area contributed by atoms with Crippen LogP contribution >= 0.6 is 11.6 Å². The van der Waals surface area contributed by atoms with Crippen LogP contribution in [0.25, 0.3) is 16.6 Å². The molecule has 0 unspecified atom stereocenters. The fraction of sp³-hybridized carbons (Fsp3) is 0.562. The number of aromatic nitrogens is 2. The number of carbonyl (C=O) groups excluding carboxylic acids is 1. The second-order valence-corrected chi connectivity index (χ2v) is 12.4. The maximum atomic E-state index is 14.4. The molecule has 1 saturated carbocycles. The Hall–Kier alpha value is -2.52. The van der Waals surface area contributed by atoms with Crippen LogP contribution in [0.1, 0.15) is 62.4 Å². The van der Waals surface area contributed by atoms with Crippen molar-refractivity contribution in [2.45, 2.75) is 70.7 Å². The quantitative estimate of drug-likeness (QED) is 0.260. The van der Waals surface area contributed by atoms with Crippen LogP contribution in [-0.4, -0.2) is 77.5 Å². The predicted molar refractivity (Wildman–Crippen MR) is 160 cm³/mol. The highest BCUT2D eigenvalue weighted by Crippen LogP contribution is 2.46. The molecule has 7 nitrogen and oxygen atoms in total. The normalized spacial score (nSPS) is 20.1. The fourth-order valence-corrected chi connectivity index (χ4v) is 7.12. The van der Waals surface area contributed by atoms with Gasteiger partial charge in [-0.3, -0.25) is 14.7 Å². The number of halogens is 2. The molecule has 222 valence electrons. The zero-order valence-corrected chi connectivity index (χ0v) is 25.7. The van der Waals surface area contributed by atoms with E-state index in [2.05, 4.69) is 23.0 Å². The van der Waals surface area contributed by atoms with Crippen LogP contribution in [-0.2, 0) is 15.9 Å². The van der Waals surface area contributed by atoms with E-state index in [0.29, 0.717) is 34.2 Å². The smallest absolute Gasteiger partial charge is 0.256 e. The molecule has 3 heterocycles. The monoisotopic (exact) mass is 584 g/mol. The molecular weight excluding hydrogens is 543 g/mol. The van der Waals surface area contributed by atoms with Gasteiger partial charge in [-0.25, -0.2) is 4.39 Å². The van der Waals surface area contributed by atoms with Crippen LogP contribution in [0.4, 0.5) is 4.39 Å². The van der Waals surface area contributed by atoms with Gasteiger partial charge in [0.05, 0.1) is 28.0 Å². The molecule has 0 N–H and O–H groups in total. The fourth-order valence-electron chi connectivity index (χ4n) is 6.84. The lowest BCUT2D eigenvalue weighted by atomic mass is 9.73. The van der Waals surface area contributed by atoms with Gasteiger partial charge in [-0.2, -0.15) is 0 Å². The molecule has 3 aromatic rings. The van der Waals surface area contributed by atoms with E-state index in [0.717, 1.165) is 61.7 Å². The van der Waals surface area contributed by atoms with Crippen molar-refractivity contribution in [2.75, 3.05) is 34.4 Å². The summed E-state index contributed by atoms with van der Waals surface area (Å²) >= 11 is 6.75. The molecule has 1 amide bonds. The minimum atomic E-state index is -0.446. The van der Waals surface area contributed by atoms with Gasteiger partial charge in [0.1, 0.15) is 5.82 Å². The van der Waals surface area contributed by atoms with Crippen molar-refractivity contribution in [1.29, 1.82) is 0 Å². The van der Waals surface area contributed by atoms with E-state index >= 15 is 0 Å². The number of hydrogen-bond donors (Lipinski definition) is 0. The van der Waals surface area contributed by atoms with Crippen LogP contribution in [0.3, 0.4) is 0 Å². The third-order valence-electron chi connectivity index (χ3n) is 9.44. The summed E-state index contributed by atoms with van der Waals surface area (Å²) in [5.41, 5.74) is 2.86. The Morgan fingerprint density at radius 2 is 1.98 bits per heavy atom. The molecule has 1 aromatic carbocycles. The van der Waals surface area contributed by atoms with E-state index in [9.17, 15) is 9.18 Å². The lowest BCUT2D eigenvalue weighted by Crippen LogP contribution is -2.54. The molecule has 2 aromatic heterocycles. The van der Waals surface area contributed by atoms with Crippen LogP contribution in [0.15, 0.2) is 36.8 Å². The number of hydrogen-bond acceptors (Lipinski definition) is 5. The lowest BCUT2D eigenvalue weighted by Gasteiger charge is -2.50. The first-order valence-electron chi connectivity index (χ1n) is 14.7. The van der Waals surface area contributed by atoms with Gasteiger partial charge in [-0.15, -0.1) is 0 Å². The second-order valence-electron chi connectivity index (χ2n) is 12.0. The maximum Gasteiger partial charge on any atom is 0.256 e. The minimum Gasteiger partial charge on any atom is -0.353 e. The van der Waals surface area contributed by atoms with Gasteiger partial charge in [0, 0.05) is 70.5 Å². The largest absolute Gasteiger partial charge is 0.353 e. The van der Waals surface area contributed by atoms with Gasteiger partial charge >= 0.3 is 0 Å². The van der Waals surface area contributed by atoms with Crippen molar-refractivity contribution >= 4 is 28.4 Å². The number of rotatable bonds is 10. The van der Waals surface area contributed by atoms with Crippen LogP contribution in [0.5, 0.6) is 0 Å². The van der Waals surface area contributed by atoms with E-state index < -0.39 is 11.6 Å². The lowest BCUT2D eigenvalue weighted by molar-refractivity contribution is -0.277. The van der Waals surface area contributed by atoms with Crippen molar-refractivity contribution in [2.24, 2.45) is 11.8 Å². The molecule has 1 aliphatic carbocycles. The Kier molecular flexibility index (Phi) is 8.76. The molecule has 2 fully saturated rings. The topological polar surface area (TPSA) is 59.8 Å². The third kappa shape index (κ3) is 5.64. The van der Waals surface area contributed by atoms with Gasteiger partial charge in [0.15, 0.2) is 5.79 Å². The number of fused-ring (bicyclic) bond motifs is 1. The van der Waals surface area contributed by atoms with Crippen molar-refractivity contribution in [3.05, 3.63) is 58.8 Å². The summed E-state index contributed by atoms with van der Waals surface area (Å²) in [4.78, 5) is 22.0. The number of nitrogens with zero attached hydrogens (tertiary/aromatic N) is 4. The van der Waals surface area contributed by atoms with Crippen molar-refractivity contribution in [1.82, 2.24) is 19.4 Å². The molecule has 1 aliphatic heterocycles. The van der Waals surface area contributed by atoms with E-state index in [1.807, 2.05) is 18.4 Å². The molecule has 0 spiro atoms. The van der Waals surface area contributed by atoms with E-state index in [1.54, 1.807) is 44.6 Å². The number of pyridine rings is 1. The number of ether oxygens (including phenoxy) is 2. The zero-order chi connectivity index (χ0) is 29.5. The molecule has 2 aliphatic rings. The van der Waals surface area contributed by atoms with Gasteiger partial charge < -0.3 is 18.9 Å². The standard InChI is InChI=1S/C32H42ClFN4O3/c1-7-27(23-14-32(15-23,40-5)41-6)37-11-10-21(18-37)12-22-19-38(29-17-35-16-26(33)30(22)29)28-9-8-24(34)13-25(28)31(39)36(4)20(2)3/h8-9,13,16-17,19-21,23,27H,7,10-12,14-15,18H2,1-6H3/t21-,27+/m1/s1. The van der Waals surface area contributed by atoms with Crippen LogP contribution in [0, 0.1) is 17.7 Å². The highest BCUT2D eigenvalue weighted by Gasteiger charge is 2.49. The summed E-state index contributed by atoms with van der Waals surface area (Å²) < 4.78 is 27.7. The van der Waals surface area contributed by atoms with Gasteiger partial charge in [0.2, 0.25) is 0 Å². The highest BCUT2D eigenvalue weighted by molar-refractivity contribution is 6.35. The summed E-state index contributed by atoms with van der Waals surface area (Å²) in [5, 5.41) is 1.52. The Labute approximate surface area is 247 Å². The number of carbonyl (C=O) groups is 1. The summed E-state index contributed by atoms with van der Waals surface area (Å²) in [5.74, 6) is -0.0536. The molecule has 41 heavy (non-hydrogen) atoms. The average Bonchev–Trinajstić information content (AvgIpc) is 3.55. The van der Waals surface area contributed by atoms with E-state index in [-0.39, 0.29) is 11.9 Å². The number of benzene rings is 1. The maximum absolute atomic E-state index is 14.4. The van der Waals surface area contributed by atoms with Crippen molar-refractivity contribution < 1.29 is 18.7 Å². The second kappa shape index (κ2) is 12.0. The minimum absolute atomic E-state index is 0.0238. The highest BCUT2D eigenvalue weighted by atomic mass is 35.5. The van der Waals surface area contributed by atoms with Gasteiger partial charge in [-0.05, 0) is 75.3 Å². The summed E-state index contributed by atoms with van der Waals surface area (Å²) in [6.45, 7) is 8.24. The van der Waals surface area contributed by atoms with E-state index in [1.165, 1.54) is 12.1 Å². The molecule has 0 bridgehead atoms. The molecule has 5 rings (SSSR count). The first kappa shape index (κ1) is 30.0. The molecule has 0 radical (unpaired) electrons. The van der Waals surface area contributed by atoms with Crippen LogP contribution < -0.4 is 0 Å². The molecular formula is C32H42ClFN4O3. The summed E-state index contributed by atoms with van der Waals surface area (Å²) in [6, 6.07) is 4.88.